The SMILES string of the molecule is CC(CCNCCN1CCSCC1)c1ccccc1. The van der Waals surface area contributed by atoms with Crippen molar-refractivity contribution in [3.8, 4) is 0 Å². The van der Waals surface area contributed by atoms with E-state index >= 15 is 0 Å². The Morgan fingerprint density at radius 1 is 1.16 bits per heavy atom. The lowest BCUT2D eigenvalue weighted by Crippen LogP contribution is -2.38. The van der Waals surface area contributed by atoms with Crippen LogP contribution in [0.4, 0.5) is 0 Å². The summed E-state index contributed by atoms with van der Waals surface area (Å²) in [5, 5.41) is 3.58. The molecule has 0 aromatic heterocycles. The van der Waals surface area contributed by atoms with E-state index in [-0.39, 0.29) is 0 Å². The number of hydrogen-bond acceptors (Lipinski definition) is 3. The monoisotopic (exact) mass is 278 g/mol. The van der Waals surface area contributed by atoms with Crippen LogP contribution >= 0.6 is 11.8 Å². The largest absolute Gasteiger partial charge is 0.315 e. The van der Waals surface area contributed by atoms with Gasteiger partial charge in [-0.2, -0.15) is 11.8 Å². The minimum atomic E-state index is 0.653. The molecule has 1 fully saturated rings. The number of nitrogens with zero attached hydrogens (tertiary/aromatic N) is 1. The van der Waals surface area contributed by atoms with E-state index in [9.17, 15) is 0 Å². The highest BCUT2D eigenvalue weighted by molar-refractivity contribution is 7.99. The maximum Gasteiger partial charge on any atom is 0.0107 e. The van der Waals surface area contributed by atoms with Gasteiger partial charge in [-0.3, -0.25) is 0 Å². The summed E-state index contributed by atoms with van der Waals surface area (Å²) < 4.78 is 0. The molecule has 1 aliphatic heterocycles. The molecule has 1 heterocycles. The second kappa shape index (κ2) is 8.62. The van der Waals surface area contributed by atoms with Crippen molar-refractivity contribution in [3.05, 3.63) is 35.9 Å². The van der Waals surface area contributed by atoms with Gasteiger partial charge in [-0.25, -0.2) is 0 Å². The molecule has 3 heteroatoms. The first kappa shape index (κ1) is 14.9. The molecule has 1 aromatic carbocycles. The van der Waals surface area contributed by atoms with Crippen LogP contribution in [0.15, 0.2) is 30.3 Å². The fourth-order valence-corrected chi connectivity index (χ4v) is 3.43. The number of benzene rings is 1. The minimum Gasteiger partial charge on any atom is -0.315 e. The molecule has 0 spiro atoms. The van der Waals surface area contributed by atoms with Gasteiger partial charge in [0.15, 0.2) is 0 Å². The van der Waals surface area contributed by atoms with E-state index in [4.69, 9.17) is 0 Å². The normalized spacial score (nSPS) is 18.4. The van der Waals surface area contributed by atoms with Crippen LogP contribution in [0.5, 0.6) is 0 Å². The standard InChI is InChI=1S/C16H26N2S/c1-15(16-5-3-2-4-6-16)7-8-17-9-10-18-11-13-19-14-12-18/h2-6,15,17H,7-14H2,1H3. The quantitative estimate of drug-likeness (QED) is 0.772. The maximum atomic E-state index is 3.58. The third-order valence-corrected chi connectivity index (χ3v) is 4.77. The number of rotatable bonds is 7. The molecule has 0 saturated carbocycles. The van der Waals surface area contributed by atoms with Gasteiger partial charge in [0.25, 0.3) is 0 Å². The summed E-state index contributed by atoms with van der Waals surface area (Å²) in [4.78, 5) is 2.57. The Bertz CT molecular complexity index is 336. The summed E-state index contributed by atoms with van der Waals surface area (Å²) in [5.41, 5.74) is 1.46. The van der Waals surface area contributed by atoms with Crippen LogP contribution in [0.2, 0.25) is 0 Å². The molecule has 2 rings (SSSR count). The van der Waals surface area contributed by atoms with Crippen molar-refractivity contribution < 1.29 is 0 Å². The second-order valence-electron chi connectivity index (χ2n) is 5.30. The lowest BCUT2D eigenvalue weighted by molar-refractivity contribution is 0.301. The van der Waals surface area contributed by atoms with Gasteiger partial charge in [-0.15, -0.1) is 0 Å². The Hall–Kier alpha value is -0.510. The van der Waals surface area contributed by atoms with E-state index in [0.29, 0.717) is 5.92 Å². The van der Waals surface area contributed by atoms with E-state index in [2.05, 4.69) is 59.2 Å². The zero-order valence-corrected chi connectivity index (χ0v) is 12.8. The predicted octanol–water partition coefficient (Wildman–Crippen LogP) is 2.82. The Labute approximate surface area is 122 Å². The zero-order chi connectivity index (χ0) is 13.3. The lowest BCUT2D eigenvalue weighted by Gasteiger charge is -2.26. The fourth-order valence-electron chi connectivity index (χ4n) is 2.45. The predicted molar refractivity (Wildman–Crippen MR) is 86.1 cm³/mol. The van der Waals surface area contributed by atoms with E-state index in [1.165, 1.54) is 43.1 Å². The minimum absolute atomic E-state index is 0.653. The number of hydrogen-bond donors (Lipinski definition) is 1. The molecule has 1 N–H and O–H groups in total. The lowest BCUT2D eigenvalue weighted by atomic mass is 9.98. The van der Waals surface area contributed by atoms with Crippen LogP contribution in [0.25, 0.3) is 0 Å². The van der Waals surface area contributed by atoms with E-state index in [0.717, 1.165) is 13.1 Å². The second-order valence-corrected chi connectivity index (χ2v) is 6.53. The zero-order valence-electron chi connectivity index (χ0n) is 12.0. The number of nitrogens with one attached hydrogen (secondary N) is 1. The Morgan fingerprint density at radius 3 is 2.63 bits per heavy atom. The van der Waals surface area contributed by atoms with Crippen LogP contribution in [0.3, 0.4) is 0 Å². The molecule has 1 saturated heterocycles. The van der Waals surface area contributed by atoms with Crippen LogP contribution in [0, 0.1) is 0 Å². The molecule has 106 valence electrons. The molecular weight excluding hydrogens is 252 g/mol. The van der Waals surface area contributed by atoms with Crippen LogP contribution in [-0.2, 0) is 0 Å². The molecule has 0 bridgehead atoms. The third kappa shape index (κ3) is 5.55. The van der Waals surface area contributed by atoms with E-state index in [1.807, 2.05) is 0 Å². The van der Waals surface area contributed by atoms with Gasteiger partial charge in [0.1, 0.15) is 0 Å². The molecule has 1 aliphatic rings. The van der Waals surface area contributed by atoms with Gasteiger partial charge in [-0.05, 0) is 24.4 Å². The topological polar surface area (TPSA) is 15.3 Å². The highest BCUT2D eigenvalue weighted by Gasteiger charge is 2.09. The summed E-state index contributed by atoms with van der Waals surface area (Å²) in [6, 6.07) is 10.8. The molecular formula is C16H26N2S. The Kier molecular flexibility index (Phi) is 6.75. The smallest absolute Gasteiger partial charge is 0.0107 e. The van der Waals surface area contributed by atoms with Crippen molar-refractivity contribution in [3.63, 3.8) is 0 Å². The van der Waals surface area contributed by atoms with Gasteiger partial charge >= 0.3 is 0 Å². The molecule has 1 unspecified atom stereocenters. The summed E-state index contributed by atoms with van der Waals surface area (Å²) in [5.74, 6) is 3.27. The summed E-state index contributed by atoms with van der Waals surface area (Å²) in [6.07, 6.45) is 1.22. The molecule has 2 nitrogen and oxygen atoms in total. The van der Waals surface area contributed by atoms with Crippen LogP contribution in [0.1, 0.15) is 24.8 Å². The van der Waals surface area contributed by atoms with Gasteiger partial charge in [0, 0.05) is 37.7 Å². The molecule has 1 aromatic rings. The molecule has 0 aliphatic carbocycles. The molecule has 0 radical (unpaired) electrons. The van der Waals surface area contributed by atoms with Crippen molar-refractivity contribution in [2.24, 2.45) is 0 Å². The average Bonchev–Trinajstić information content (AvgIpc) is 2.49. The first-order valence-corrected chi connectivity index (χ1v) is 8.57. The molecule has 19 heavy (non-hydrogen) atoms. The van der Waals surface area contributed by atoms with Gasteiger partial charge < -0.3 is 10.2 Å². The van der Waals surface area contributed by atoms with E-state index < -0.39 is 0 Å². The summed E-state index contributed by atoms with van der Waals surface area (Å²) in [6.45, 7) is 8.32. The first-order valence-electron chi connectivity index (χ1n) is 7.42. The van der Waals surface area contributed by atoms with Crippen molar-refractivity contribution in [2.75, 3.05) is 44.2 Å². The van der Waals surface area contributed by atoms with Crippen molar-refractivity contribution in [2.45, 2.75) is 19.3 Å². The average molecular weight is 278 g/mol. The van der Waals surface area contributed by atoms with Crippen molar-refractivity contribution in [1.82, 2.24) is 10.2 Å². The molecule has 0 amide bonds. The fraction of sp³-hybridized carbons (Fsp3) is 0.625. The van der Waals surface area contributed by atoms with Gasteiger partial charge in [0.2, 0.25) is 0 Å². The van der Waals surface area contributed by atoms with Crippen LogP contribution in [-0.4, -0.2) is 49.1 Å². The van der Waals surface area contributed by atoms with Crippen LogP contribution < -0.4 is 5.32 Å². The summed E-state index contributed by atoms with van der Waals surface area (Å²) in [7, 11) is 0. The van der Waals surface area contributed by atoms with Gasteiger partial charge in [-0.1, -0.05) is 37.3 Å². The van der Waals surface area contributed by atoms with Gasteiger partial charge in [0.05, 0.1) is 0 Å². The Balaban J connectivity index is 1.54. The molecule has 1 atom stereocenters. The first-order chi connectivity index (χ1) is 9.36. The van der Waals surface area contributed by atoms with E-state index in [1.54, 1.807) is 0 Å². The highest BCUT2D eigenvalue weighted by Crippen LogP contribution is 2.17. The third-order valence-electron chi connectivity index (χ3n) is 3.83. The Morgan fingerprint density at radius 2 is 1.89 bits per heavy atom. The van der Waals surface area contributed by atoms with Crippen molar-refractivity contribution >= 4 is 11.8 Å². The highest BCUT2D eigenvalue weighted by atomic mass is 32.2. The van der Waals surface area contributed by atoms with Crippen molar-refractivity contribution in [1.29, 1.82) is 0 Å². The number of thioether (sulfide) groups is 1. The maximum absolute atomic E-state index is 3.58. The summed E-state index contributed by atoms with van der Waals surface area (Å²) >= 11 is 2.08.